The molecule has 2 aliphatic carbocycles. The maximum Gasteiger partial charge on any atom is 0.333 e. The SMILES string of the molecule is CCSc1nc2c(c(=O)n(C)c(=O)n2CC#Cc2cc(NC(=O)C3CC3)cc(NC(=O)C3CC3)c2)n1C. The van der Waals surface area contributed by atoms with Gasteiger partial charge in [-0.2, -0.15) is 0 Å². The summed E-state index contributed by atoms with van der Waals surface area (Å²) in [5.74, 6) is 6.81. The van der Waals surface area contributed by atoms with E-state index in [-0.39, 0.29) is 30.2 Å². The van der Waals surface area contributed by atoms with E-state index in [4.69, 9.17) is 0 Å². The van der Waals surface area contributed by atoms with E-state index in [0.29, 0.717) is 33.3 Å². The summed E-state index contributed by atoms with van der Waals surface area (Å²) < 4.78 is 4.15. The van der Waals surface area contributed by atoms with Crippen LogP contribution in [0.25, 0.3) is 11.2 Å². The summed E-state index contributed by atoms with van der Waals surface area (Å²) in [6, 6.07) is 5.22. The third kappa shape index (κ3) is 5.20. The molecular weight excluding hydrogens is 492 g/mol. The van der Waals surface area contributed by atoms with E-state index in [1.54, 1.807) is 29.8 Å². The Morgan fingerprint density at radius 1 is 1.00 bits per heavy atom. The summed E-state index contributed by atoms with van der Waals surface area (Å²) in [7, 11) is 3.20. The van der Waals surface area contributed by atoms with Crippen LogP contribution < -0.4 is 21.9 Å². The van der Waals surface area contributed by atoms with Crippen LogP contribution in [0.2, 0.25) is 0 Å². The minimum absolute atomic E-state index is 0.0130. The molecule has 5 rings (SSSR count). The van der Waals surface area contributed by atoms with Crippen molar-refractivity contribution in [2.75, 3.05) is 16.4 Å². The fourth-order valence-electron chi connectivity index (χ4n) is 4.05. The zero-order chi connectivity index (χ0) is 26.3. The van der Waals surface area contributed by atoms with Gasteiger partial charge in [0.1, 0.15) is 0 Å². The maximum absolute atomic E-state index is 12.9. The van der Waals surface area contributed by atoms with Crippen LogP contribution in [0.4, 0.5) is 11.4 Å². The molecule has 0 radical (unpaired) electrons. The van der Waals surface area contributed by atoms with Crippen LogP contribution in [0, 0.1) is 23.7 Å². The summed E-state index contributed by atoms with van der Waals surface area (Å²) >= 11 is 1.49. The van der Waals surface area contributed by atoms with Crippen molar-refractivity contribution in [3.63, 3.8) is 0 Å². The number of aromatic nitrogens is 4. The molecule has 2 saturated carbocycles. The van der Waals surface area contributed by atoms with Gasteiger partial charge in [0, 0.05) is 42.9 Å². The molecule has 3 aromatic rings. The van der Waals surface area contributed by atoms with E-state index in [2.05, 4.69) is 27.5 Å². The predicted octanol–water partition coefficient (Wildman–Crippen LogP) is 2.29. The lowest BCUT2D eigenvalue weighted by Gasteiger charge is -2.10. The first-order valence-corrected chi connectivity index (χ1v) is 13.3. The topological polar surface area (TPSA) is 120 Å². The van der Waals surface area contributed by atoms with Gasteiger partial charge in [-0.15, -0.1) is 0 Å². The number of aryl methyl sites for hydroxylation is 1. The zero-order valence-corrected chi connectivity index (χ0v) is 21.8. The lowest BCUT2D eigenvalue weighted by molar-refractivity contribution is -0.118. The van der Waals surface area contributed by atoms with Crippen molar-refractivity contribution in [2.45, 2.75) is 44.3 Å². The first-order chi connectivity index (χ1) is 17.8. The van der Waals surface area contributed by atoms with E-state index in [9.17, 15) is 19.2 Å². The van der Waals surface area contributed by atoms with Crippen LogP contribution in [0.15, 0.2) is 32.9 Å². The lowest BCUT2D eigenvalue weighted by atomic mass is 10.1. The van der Waals surface area contributed by atoms with Crippen LogP contribution in [0.5, 0.6) is 0 Å². The highest BCUT2D eigenvalue weighted by molar-refractivity contribution is 7.99. The number of amides is 2. The van der Waals surface area contributed by atoms with Gasteiger partial charge in [-0.05, 0) is 49.6 Å². The highest BCUT2D eigenvalue weighted by Gasteiger charge is 2.31. The van der Waals surface area contributed by atoms with Crippen molar-refractivity contribution < 1.29 is 9.59 Å². The first-order valence-electron chi connectivity index (χ1n) is 12.3. The number of imidazole rings is 1. The number of thioether (sulfide) groups is 1. The normalized spacial score (nSPS) is 14.8. The first kappa shape index (κ1) is 24.9. The number of carbonyl (C=O) groups is 2. The second kappa shape index (κ2) is 9.94. The monoisotopic (exact) mass is 520 g/mol. The van der Waals surface area contributed by atoms with E-state index in [1.807, 2.05) is 6.92 Å². The third-order valence-electron chi connectivity index (χ3n) is 6.42. The van der Waals surface area contributed by atoms with Crippen molar-refractivity contribution in [3.05, 3.63) is 44.6 Å². The molecule has 0 unspecified atom stereocenters. The molecular formula is C26H28N6O4S. The van der Waals surface area contributed by atoms with Crippen molar-refractivity contribution >= 4 is 46.1 Å². The molecule has 2 fully saturated rings. The second-order valence-corrected chi connectivity index (χ2v) is 10.7. The Kier molecular flexibility index (Phi) is 6.69. The number of benzene rings is 1. The highest BCUT2D eigenvalue weighted by Crippen LogP contribution is 2.32. The van der Waals surface area contributed by atoms with Gasteiger partial charge < -0.3 is 15.2 Å². The molecule has 0 aliphatic heterocycles. The molecule has 2 aliphatic rings. The number of anilines is 2. The Bertz CT molecular complexity index is 1550. The molecule has 0 bridgehead atoms. The number of nitrogens with zero attached hydrogens (tertiary/aromatic N) is 4. The predicted molar refractivity (Wildman–Crippen MR) is 143 cm³/mol. The number of nitrogens with one attached hydrogen (secondary N) is 2. The summed E-state index contributed by atoms with van der Waals surface area (Å²) in [5, 5.41) is 6.47. The van der Waals surface area contributed by atoms with Gasteiger partial charge in [0.25, 0.3) is 5.56 Å². The average Bonchev–Trinajstić information content (AvgIpc) is 3.77. The zero-order valence-electron chi connectivity index (χ0n) is 21.0. The van der Waals surface area contributed by atoms with Crippen molar-refractivity contribution in [1.82, 2.24) is 18.7 Å². The van der Waals surface area contributed by atoms with Crippen LogP contribution in [-0.4, -0.2) is 36.3 Å². The number of carbonyl (C=O) groups excluding carboxylic acids is 2. The molecule has 1 aromatic carbocycles. The average molecular weight is 521 g/mol. The molecule has 192 valence electrons. The molecule has 2 aromatic heterocycles. The molecule has 0 spiro atoms. The lowest BCUT2D eigenvalue weighted by Crippen LogP contribution is -2.38. The van der Waals surface area contributed by atoms with E-state index >= 15 is 0 Å². The van der Waals surface area contributed by atoms with Gasteiger partial charge in [0.05, 0.1) is 6.54 Å². The Morgan fingerprint density at radius 2 is 1.59 bits per heavy atom. The fourth-order valence-corrected chi connectivity index (χ4v) is 4.75. The number of hydrogen-bond donors (Lipinski definition) is 2. The van der Waals surface area contributed by atoms with Crippen molar-refractivity contribution in [1.29, 1.82) is 0 Å². The Labute approximate surface area is 217 Å². The Hall–Kier alpha value is -3.78. The second-order valence-electron chi connectivity index (χ2n) is 9.42. The number of hydrogen-bond acceptors (Lipinski definition) is 6. The van der Waals surface area contributed by atoms with E-state index in [0.717, 1.165) is 36.0 Å². The van der Waals surface area contributed by atoms with Crippen LogP contribution in [-0.2, 0) is 30.2 Å². The summed E-state index contributed by atoms with van der Waals surface area (Å²) in [6.07, 6.45) is 3.52. The molecule has 37 heavy (non-hydrogen) atoms. The van der Waals surface area contributed by atoms with E-state index < -0.39 is 11.2 Å². The maximum atomic E-state index is 12.9. The largest absolute Gasteiger partial charge is 0.333 e. The standard InChI is InChI=1S/C26H28N6O4S/c1-4-37-25-29-21-20(30(25)2)24(35)31(3)26(36)32(21)11-5-6-15-12-18(27-22(33)16-7-8-16)14-19(13-15)28-23(34)17-9-10-17/h12-14,16-17H,4,7-11H2,1-3H3,(H,27,33)(H,28,34). The number of fused-ring (bicyclic) bond motifs is 1. The van der Waals surface area contributed by atoms with Crippen molar-refractivity contribution in [3.8, 4) is 11.8 Å². The minimum atomic E-state index is -0.499. The van der Waals surface area contributed by atoms with Gasteiger partial charge >= 0.3 is 5.69 Å². The minimum Gasteiger partial charge on any atom is -0.326 e. The quantitative estimate of drug-likeness (QED) is 0.364. The smallest absolute Gasteiger partial charge is 0.326 e. The third-order valence-corrected chi connectivity index (χ3v) is 7.34. The molecule has 2 amide bonds. The Balaban J connectivity index is 1.48. The van der Waals surface area contributed by atoms with Crippen LogP contribution >= 0.6 is 11.8 Å². The van der Waals surface area contributed by atoms with Gasteiger partial charge in [-0.1, -0.05) is 30.5 Å². The summed E-state index contributed by atoms with van der Waals surface area (Å²) in [4.78, 5) is 54.9. The van der Waals surface area contributed by atoms with Gasteiger partial charge in [-0.3, -0.25) is 23.5 Å². The van der Waals surface area contributed by atoms with Crippen molar-refractivity contribution in [2.24, 2.45) is 25.9 Å². The molecule has 2 N–H and O–H groups in total. The fraction of sp³-hybridized carbons (Fsp3) is 0.423. The van der Waals surface area contributed by atoms with Crippen LogP contribution in [0.3, 0.4) is 0 Å². The number of rotatable bonds is 7. The summed E-state index contributed by atoms with van der Waals surface area (Å²) in [6.45, 7) is 2.00. The van der Waals surface area contributed by atoms with Crippen LogP contribution in [0.1, 0.15) is 38.2 Å². The van der Waals surface area contributed by atoms with Gasteiger partial charge in [-0.25, -0.2) is 9.78 Å². The molecule has 2 heterocycles. The molecule has 0 saturated heterocycles. The Morgan fingerprint density at radius 3 is 2.14 bits per heavy atom. The molecule has 0 atom stereocenters. The van der Waals surface area contributed by atoms with E-state index in [1.165, 1.54) is 23.4 Å². The van der Waals surface area contributed by atoms with Gasteiger partial charge in [0.2, 0.25) is 11.8 Å². The summed E-state index contributed by atoms with van der Waals surface area (Å²) in [5.41, 5.74) is 1.43. The highest BCUT2D eigenvalue weighted by atomic mass is 32.2. The molecule has 11 heteroatoms. The molecule has 10 nitrogen and oxygen atoms in total. The van der Waals surface area contributed by atoms with Gasteiger partial charge in [0.15, 0.2) is 16.3 Å².